The average Bonchev–Trinajstić information content (AvgIpc) is 3.10. The number of aliphatic hydroxyl groups is 1. The lowest BCUT2D eigenvalue weighted by Crippen LogP contribution is -2.07. The lowest BCUT2D eigenvalue weighted by atomic mass is 10.0. The maximum atomic E-state index is 10.2. The van der Waals surface area contributed by atoms with E-state index < -0.39 is 0 Å². The van der Waals surface area contributed by atoms with Gasteiger partial charge >= 0.3 is 0 Å². The lowest BCUT2D eigenvalue weighted by molar-refractivity contribution is 0.154. The molecule has 1 aromatic heterocycles. The zero-order valence-electron chi connectivity index (χ0n) is 11.4. The van der Waals surface area contributed by atoms with Crippen molar-refractivity contribution in [2.45, 2.75) is 36.3 Å². The van der Waals surface area contributed by atoms with Crippen LogP contribution >= 0.6 is 11.8 Å². The molecule has 2 heterocycles. The minimum absolute atomic E-state index is 0.249. The third-order valence-electron chi connectivity index (χ3n) is 4.41. The first-order chi connectivity index (χ1) is 9.81. The molecule has 1 saturated carbocycles. The highest BCUT2D eigenvalue weighted by Crippen LogP contribution is 2.42. The lowest BCUT2D eigenvalue weighted by Gasteiger charge is -2.12. The van der Waals surface area contributed by atoms with E-state index in [9.17, 15) is 5.11 Å². The van der Waals surface area contributed by atoms with Crippen molar-refractivity contribution in [3.8, 4) is 0 Å². The Morgan fingerprint density at radius 1 is 1.25 bits per heavy atom. The molecule has 1 aliphatic heterocycles. The predicted molar refractivity (Wildman–Crippen MR) is 82.0 cm³/mol. The molecule has 0 amide bonds. The van der Waals surface area contributed by atoms with Crippen molar-refractivity contribution in [3.63, 3.8) is 0 Å². The molecule has 2 aromatic rings. The molecular weight excluding hydrogens is 266 g/mol. The van der Waals surface area contributed by atoms with E-state index in [0.717, 1.165) is 17.9 Å². The second-order valence-corrected chi connectivity index (χ2v) is 7.03. The number of aliphatic hydroxyl groups excluding tert-OH is 1. The molecule has 2 atom stereocenters. The van der Waals surface area contributed by atoms with Crippen LogP contribution in [0.3, 0.4) is 0 Å². The minimum Gasteiger partial charge on any atom is -0.388 e. The second-order valence-electron chi connectivity index (χ2n) is 5.97. The highest BCUT2D eigenvalue weighted by atomic mass is 32.2. The van der Waals surface area contributed by atoms with Crippen LogP contribution in [0.25, 0.3) is 0 Å². The van der Waals surface area contributed by atoms with E-state index in [1.54, 1.807) is 0 Å². The van der Waals surface area contributed by atoms with Crippen molar-refractivity contribution in [1.29, 1.82) is 0 Å². The van der Waals surface area contributed by atoms with E-state index >= 15 is 0 Å². The van der Waals surface area contributed by atoms with Gasteiger partial charge in [-0.05, 0) is 42.0 Å². The number of thioether (sulfide) groups is 1. The Kier molecular flexibility index (Phi) is 3.12. The quantitative estimate of drug-likeness (QED) is 0.924. The first-order valence-electron chi connectivity index (χ1n) is 7.37. The predicted octanol–water partition coefficient (Wildman–Crippen LogP) is 3.82. The van der Waals surface area contributed by atoms with Gasteiger partial charge in [0.25, 0.3) is 0 Å². The Balaban J connectivity index is 1.50. The Labute approximate surface area is 123 Å². The van der Waals surface area contributed by atoms with Crippen molar-refractivity contribution < 1.29 is 5.11 Å². The van der Waals surface area contributed by atoms with Crippen LogP contribution in [0.5, 0.6) is 0 Å². The molecule has 20 heavy (non-hydrogen) atoms. The molecule has 2 unspecified atom stereocenters. The monoisotopic (exact) mass is 285 g/mol. The molecule has 2 nitrogen and oxygen atoms in total. The first-order valence-corrected chi connectivity index (χ1v) is 8.35. The van der Waals surface area contributed by atoms with E-state index in [-0.39, 0.29) is 6.10 Å². The summed E-state index contributed by atoms with van der Waals surface area (Å²) in [6.45, 7) is 1.02. The van der Waals surface area contributed by atoms with Gasteiger partial charge in [0, 0.05) is 35.5 Å². The SMILES string of the molecule is OC(c1ccn(CC2CSc3ccccc32)c1)C1CC1. The van der Waals surface area contributed by atoms with E-state index in [0.29, 0.717) is 11.8 Å². The van der Waals surface area contributed by atoms with Crippen molar-refractivity contribution in [2.24, 2.45) is 5.92 Å². The fourth-order valence-electron chi connectivity index (χ4n) is 3.07. The summed E-state index contributed by atoms with van der Waals surface area (Å²) < 4.78 is 2.24. The zero-order chi connectivity index (χ0) is 13.5. The second kappa shape index (κ2) is 4.97. The van der Waals surface area contributed by atoms with E-state index in [4.69, 9.17) is 0 Å². The average molecular weight is 285 g/mol. The van der Waals surface area contributed by atoms with Gasteiger partial charge in [0.1, 0.15) is 0 Å². The number of fused-ring (bicyclic) bond motifs is 1. The Morgan fingerprint density at radius 2 is 2.10 bits per heavy atom. The first kappa shape index (κ1) is 12.5. The minimum atomic E-state index is -0.249. The summed E-state index contributed by atoms with van der Waals surface area (Å²) in [5, 5.41) is 10.2. The van der Waals surface area contributed by atoms with Gasteiger partial charge in [-0.2, -0.15) is 0 Å². The Hall–Kier alpha value is -1.19. The number of hydrogen-bond acceptors (Lipinski definition) is 2. The molecule has 1 aromatic carbocycles. The van der Waals surface area contributed by atoms with Crippen LogP contribution < -0.4 is 0 Å². The molecule has 1 N–H and O–H groups in total. The smallest absolute Gasteiger partial charge is 0.0832 e. The molecule has 1 aliphatic carbocycles. The molecule has 4 rings (SSSR count). The van der Waals surface area contributed by atoms with E-state index in [1.165, 1.54) is 23.3 Å². The molecule has 2 aliphatic rings. The van der Waals surface area contributed by atoms with Gasteiger partial charge in [-0.15, -0.1) is 11.8 Å². The highest BCUT2D eigenvalue weighted by Gasteiger charge is 2.31. The van der Waals surface area contributed by atoms with Crippen molar-refractivity contribution in [2.75, 3.05) is 5.75 Å². The third kappa shape index (κ3) is 2.29. The molecular formula is C17H19NOS. The van der Waals surface area contributed by atoms with Gasteiger partial charge in [0.05, 0.1) is 6.10 Å². The molecule has 0 spiro atoms. The number of rotatable bonds is 4. The van der Waals surface area contributed by atoms with Crippen LogP contribution in [0.15, 0.2) is 47.6 Å². The van der Waals surface area contributed by atoms with Crippen LogP contribution in [0.2, 0.25) is 0 Å². The van der Waals surface area contributed by atoms with Crippen LogP contribution in [0.1, 0.15) is 36.0 Å². The number of benzene rings is 1. The largest absolute Gasteiger partial charge is 0.388 e. The van der Waals surface area contributed by atoms with Gasteiger partial charge in [0.2, 0.25) is 0 Å². The van der Waals surface area contributed by atoms with Gasteiger partial charge in [0.15, 0.2) is 0 Å². The summed E-state index contributed by atoms with van der Waals surface area (Å²) in [6, 6.07) is 10.8. The maximum absolute atomic E-state index is 10.2. The topological polar surface area (TPSA) is 25.2 Å². The standard InChI is InChI=1S/C17H19NOS/c19-17(12-5-6-12)13-7-8-18(9-13)10-14-11-20-16-4-2-1-3-15(14)16/h1-4,7-9,12,14,17,19H,5-6,10-11H2. The summed E-state index contributed by atoms with van der Waals surface area (Å²) in [5.41, 5.74) is 2.57. The van der Waals surface area contributed by atoms with Gasteiger partial charge in [-0.3, -0.25) is 0 Å². The fraction of sp³-hybridized carbons (Fsp3) is 0.412. The fourth-order valence-corrected chi connectivity index (χ4v) is 4.31. The number of nitrogens with zero attached hydrogens (tertiary/aromatic N) is 1. The molecule has 0 bridgehead atoms. The molecule has 3 heteroatoms. The zero-order valence-corrected chi connectivity index (χ0v) is 12.2. The highest BCUT2D eigenvalue weighted by molar-refractivity contribution is 7.99. The molecule has 0 saturated heterocycles. The van der Waals surface area contributed by atoms with Crippen LogP contribution in [0.4, 0.5) is 0 Å². The normalized spacial score (nSPS) is 22.8. The van der Waals surface area contributed by atoms with Crippen LogP contribution in [-0.4, -0.2) is 15.4 Å². The summed E-state index contributed by atoms with van der Waals surface area (Å²) in [7, 11) is 0. The van der Waals surface area contributed by atoms with Gasteiger partial charge < -0.3 is 9.67 Å². The van der Waals surface area contributed by atoms with Gasteiger partial charge in [-0.25, -0.2) is 0 Å². The molecule has 104 valence electrons. The summed E-state index contributed by atoms with van der Waals surface area (Å²) in [5.74, 6) is 2.26. The van der Waals surface area contributed by atoms with E-state index in [2.05, 4.69) is 47.3 Å². The Morgan fingerprint density at radius 3 is 2.95 bits per heavy atom. The molecule has 1 fully saturated rings. The maximum Gasteiger partial charge on any atom is 0.0832 e. The van der Waals surface area contributed by atoms with Gasteiger partial charge in [-0.1, -0.05) is 18.2 Å². The van der Waals surface area contributed by atoms with Crippen molar-refractivity contribution >= 4 is 11.8 Å². The van der Waals surface area contributed by atoms with Crippen LogP contribution in [-0.2, 0) is 6.54 Å². The summed E-state index contributed by atoms with van der Waals surface area (Å²) in [4.78, 5) is 1.43. The summed E-state index contributed by atoms with van der Waals surface area (Å²) >= 11 is 1.96. The number of aromatic nitrogens is 1. The summed E-state index contributed by atoms with van der Waals surface area (Å²) in [6.07, 6.45) is 6.36. The van der Waals surface area contributed by atoms with E-state index in [1.807, 2.05) is 11.8 Å². The van der Waals surface area contributed by atoms with Crippen molar-refractivity contribution in [1.82, 2.24) is 4.57 Å². The third-order valence-corrected chi connectivity index (χ3v) is 5.67. The number of hydrogen-bond donors (Lipinski definition) is 1. The Bertz CT molecular complexity index is 617. The van der Waals surface area contributed by atoms with Crippen LogP contribution in [0, 0.1) is 5.92 Å². The van der Waals surface area contributed by atoms with Crippen molar-refractivity contribution in [3.05, 3.63) is 53.9 Å². The molecule has 0 radical (unpaired) electrons.